The summed E-state index contributed by atoms with van der Waals surface area (Å²) in [5.74, 6) is -1.18. The molecular formula is C20H26N2O4. The van der Waals surface area contributed by atoms with E-state index in [1.807, 2.05) is 18.2 Å². The van der Waals surface area contributed by atoms with Crippen molar-refractivity contribution in [2.24, 2.45) is 0 Å². The second-order valence-corrected chi connectivity index (χ2v) is 6.90. The van der Waals surface area contributed by atoms with Gasteiger partial charge in [-0.25, -0.2) is 0 Å². The number of carbonyl (C=O) groups is 4. The molecule has 140 valence electrons. The van der Waals surface area contributed by atoms with Crippen LogP contribution in [0.4, 0.5) is 0 Å². The molecule has 1 N–H and O–H groups in total. The monoisotopic (exact) mass is 358 g/mol. The van der Waals surface area contributed by atoms with Crippen molar-refractivity contribution in [1.82, 2.24) is 10.2 Å². The average molecular weight is 358 g/mol. The molecule has 0 radical (unpaired) electrons. The Bertz CT molecular complexity index is 714. The predicted molar refractivity (Wildman–Crippen MR) is 97.5 cm³/mol. The topological polar surface area (TPSA) is 83.6 Å². The molecule has 4 amide bonds. The number of aryl methyl sites for hydroxylation is 1. The summed E-state index contributed by atoms with van der Waals surface area (Å²) in [7, 11) is 0. The molecular weight excluding hydrogens is 332 g/mol. The lowest BCUT2D eigenvalue weighted by Gasteiger charge is -2.29. The van der Waals surface area contributed by atoms with Crippen molar-refractivity contribution in [1.29, 1.82) is 0 Å². The lowest BCUT2D eigenvalue weighted by molar-refractivity contribution is -0.139. The average Bonchev–Trinajstić information content (AvgIpc) is 2.62. The molecule has 0 spiro atoms. The van der Waals surface area contributed by atoms with Gasteiger partial charge in [0.1, 0.15) is 6.04 Å². The third-order valence-electron chi connectivity index (χ3n) is 4.95. The van der Waals surface area contributed by atoms with E-state index < -0.39 is 17.9 Å². The molecule has 1 aromatic carbocycles. The van der Waals surface area contributed by atoms with Gasteiger partial charge in [0.2, 0.25) is 18.2 Å². The summed E-state index contributed by atoms with van der Waals surface area (Å²) in [4.78, 5) is 48.7. The van der Waals surface area contributed by atoms with Crippen LogP contribution in [0.3, 0.4) is 0 Å². The Balaban J connectivity index is 2.27. The molecule has 1 aromatic rings. The van der Waals surface area contributed by atoms with Crippen molar-refractivity contribution in [3.05, 3.63) is 34.9 Å². The van der Waals surface area contributed by atoms with Crippen molar-refractivity contribution >= 4 is 24.1 Å². The number of rotatable bonds is 7. The van der Waals surface area contributed by atoms with E-state index in [4.69, 9.17) is 0 Å². The Morgan fingerprint density at radius 2 is 2.12 bits per heavy atom. The van der Waals surface area contributed by atoms with Gasteiger partial charge in [-0.2, -0.15) is 0 Å². The fourth-order valence-corrected chi connectivity index (χ4v) is 3.20. The highest BCUT2D eigenvalue weighted by Gasteiger charge is 2.35. The maximum absolute atomic E-state index is 12.9. The highest BCUT2D eigenvalue weighted by molar-refractivity contribution is 6.07. The SMILES string of the molecule is CCCCC(C)c1ccc(C)c(C(=O)N(C=O)C2CCC(=O)NC2=O)c1. The zero-order valence-corrected chi connectivity index (χ0v) is 15.6. The van der Waals surface area contributed by atoms with Crippen molar-refractivity contribution in [2.75, 3.05) is 0 Å². The largest absolute Gasteiger partial charge is 0.295 e. The van der Waals surface area contributed by atoms with Crippen LogP contribution in [0.5, 0.6) is 0 Å². The van der Waals surface area contributed by atoms with Crippen LogP contribution in [0.1, 0.15) is 73.4 Å². The Morgan fingerprint density at radius 3 is 2.73 bits per heavy atom. The van der Waals surface area contributed by atoms with Crippen LogP contribution in [0.25, 0.3) is 0 Å². The normalized spacial score (nSPS) is 18.2. The highest BCUT2D eigenvalue weighted by Crippen LogP contribution is 2.25. The molecule has 0 bridgehead atoms. The fourth-order valence-electron chi connectivity index (χ4n) is 3.20. The van der Waals surface area contributed by atoms with Crippen LogP contribution in [0.2, 0.25) is 0 Å². The summed E-state index contributed by atoms with van der Waals surface area (Å²) in [6, 6.07) is 4.75. The maximum atomic E-state index is 12.9. The highest BCUT2D eigenvalue weighted by atomic mass is 16.2. The van der Waals surface area contributed by atoms with Gasteiger partial charge in [0.15, 0.2) is 0 Å². The molecule has 1 saturated heterocycles. The maximum Gasteiger partial charge on any atom is 0.261 e. The van der Waals surface area contributed by atoms with E-state index in [0.717, 1.165) is 35.3 Å². The quantitative estimate of drug-likeness (QED) is 0.600. The van der Waals surface area contributed by atoms with E-state index in [1.165, 1.54) is 0 Å². The summed E-state index contributed by atoms with van der Waals surface area (Å²) in [5, 5.41) is 2.19. The molecule has 0 aromatic heterocycles. The third-order valence-corrected chi connectivity index (χ3v) is 4.95. The number of amides is 4. The first-order valence-corrected chi connectivity index (χ1v) is 9.11. The van der Waals surface area contributed by atoms with Crippen molar-refractivity contribution < 1.29 is 19.2 Å². The molecule has 6 heteroatoms. The molecule has 1 aliphatic heterocycles. The van der Waals surface area contributed by atoms with Crippen LogP contribution >= 0.6 is 0 Å². The second kappa shape index (κ2) is 8.74. The third kappa shape index (κ3) is 4.36. The van der Waals surface area contributed by atoms with Crippen LogP contribution in [0.15, 0.2) is 18.2 Å². The second-order valence-electron chi connectivity index (χ2n) is 6.90. The lowest BCUT2D eigenvalue weighted by atomic mass is 9.92. The first-order chi connectivity index (χ1) is 12.4. The molecule has 26 heavy (non-hydrogen) atoms. The molecule has 2 rings (SSSR count). The molecule has 2 unspecified atom stereocenters. The predicted octanol–water partition coefficient (Wildman–Crippen LogP) is 2.69. The van der Waals surface area contributed by atoms with Gasteiger partial charge < -0.3 is 0 Å². The summed E-state index contributed by atoms with van der Waals surface area (Å²) in [6.45, 7) is 6.06. The number of hydrogen-bond donors (Lipinski definition) is 1. The molecule has 2 atom stereocenters. The lowest BCUT2D eigenvalue weighted by Crippen LogP contribution is -2.53. The minimum Gasteiger partial charge on any atom is -0.295 e. The molecule has 0 aliphatic carbocycles. The van der Waals surface area contributed by atoms with E-state index in [9.17, 15) is 19.2 Å². The summed E-state index contributed by atoms with van der Waals surface area (Å²) in [6.07, 6.45) is 3.89. The fraction of sp³-hybridized carbons (Fsp3) is 0.500. The summed E-state index contributed by atoms with van der Waals surface area (Å²) < 4.78 is 0. The van der Waals surface area contributed by atoms with Gasteiger partial charge in [0.25, 0.3) is 5.91 Å². The van der Waals surface area contributed by atoms with E-state index in [-0.39, 0.29) is 18.7 Å². The Morgan fingerprint density at radius 1 is 1.38 bits per heavy atom. The van der Waals surface area contributed by atoms with Gasteiger partial charge >= 0.3 is 0 Å². The van der Waals surface area contributed by atoms with Gasteiger partial charge in [-0.3, -0.25) is 29.4 Å². The van der Waals surface area contributed by atoms with Gasteiger partial charge in [-0.1, -0.05) is 38.8 Å². The molecule has 1 aliphatic rings. The number of unbranched alkanes of at least 4 members (excludes halogenated alkanes) is 1. The Labute approximate surface area is 153 Å². The number of hydrogen-bond acceptors (Lipinski definition) is 4. The zero-order valence-electron chi connectivity index (χ0n) is 15.6. The molecule has 0 saturated carbocycles. The number of benzene rings is 1. The van der Waals surface area contributed by atoms with Gasteiger partial charge in [0, 0.05) is 12.0 Å². The minimum atomic E-state index is -0.946. The van der Waals surface area contributed by atoms with Crippen LogP contribution in [-0.2, 0) is 14.4 Å². The number of imide groups is 2. The van der Waals surface area contributed by atoms with Crippen LogP contribution in [0, 0.1) is 6.92 Å². The zero-order chi connectivity index (χ0) is 19.3. The minimum absolute atomic E-state index is 0.112. The number of carbonyl (C=O) groups excluding carboxylic acids is 4. The van der Waals surface area contributed by atoms with Crippen molar-refractivity contribution in [3.8, 4) is 0 Å². The van der Waals surface area contributed by atoms with Crippen LogP contribution in [-0.4, -0.2) is 35.1 Å². The molecule has 1 heterocycles. The van der Waals surface area contributed by atoms with Gasteiger partial charge in [-0.15, -0.1) is 0 Å². The molecule has 6 nitrogen and oxygen atoms in total. The Kier molecular flexibility index (Phi) is 6.66. The van der Waals surface area contributed by atoms with Crippen molar-refractivity contribution in [3.63, 3.8) is 0 Å². The summed E-state index contributed by atoms with van der Waals surface area (Å²) >= 11 is 0. The summed E-state index contributed by atoms with van der Waals surface area (Å²) in [5.41, 5.74) is 2.21. The van der Waals surface area contributed by atoms with E-state index in [2.05, 4.69) is 19.2 Å². The first-order valence-electron chi connectivity index (χ1n) is 9.11. The Hall–Kier alpha value is -2.50. The molecule has 1 fully saturated rings. The van der Waals surface area contributed by atoms with E-state index >= 15 is 0 Å². The van der Waals surface area contributed by atoms with Gasteiger partial charge in [-0.05, 0) is 42.9 Å². The number of piperidine rings is 1. The van der Waals surface area contributed by atoms with E-state index in [0.29, 0.717) is 17.9 Å². The standard InChI is InChI=1S/C20H26N2O4/c1-4-5-6-13(2)15-8-7-14(3)16(11-15)20(26)22(12-23)17-9-10-18(24)21-19(17)25/h7-8,11-13,17H,4-6,9-10H2,1-3H3,(H,21,24,25). The number of nitrogens with zero attached hydrogens (tertiary/aromatic N) is 1. The van der Waals surface area contributed by atoms with E-state index in [1.54, 1.807) is 6.92 Å². The smallest absolute Gasteiger partial charge is 0.261 e. The first kappa shape index (κ1) is 19.8. The number of nitrogens with one attached hydrogen (secondary N) is 1. The van der Waals surface area contributed by atoms with Gasteiger partial charge in [0.05, 0.1) is 0 Å². The van der Waals surface area contributed by atoms with Crippen LogP contribution < -0.4 is 5.32 Å². The van der Waals surface area contributed by atoms with Crippen molar-refractivity contribution in [2.45, 2.75) is 64.8 Å².